The molecule has 0 radical (unpaired) electrons. The molecule has 17 heavy (non-hydrogen) atoms. The third kappa shape index (κ3) is 4.94. The normalized spacial score (nSPS) is 20.4. The number of nitrogens with one attached hydrogen (secondary N) is 1. The third-order valence-electron chi connectivity index (χ3n) is 3.54. The maximum atomic E-state index is 11.6. The van der Waals surface area contributed by atoms with Gasteiger partial charge >= 0.3 is 0 Å². The van der Waals surface area contributed by atoms with E-state index in [1.165, 1.54) is 6.42 Å². The molecule has 1 saturated carbocycles. The van der Waals surface area contributed by atoms with Crippen LogP contribution in [0.3, 0.4) is 0 Å². The first kappa shape index (κ1) is 14.9. The van der Waals surface area contributed by atoms with E-state index in [0.717, 1.165) is 25.7 Å². The fourth-order valence-electron chi connectivity index (χ4n) is 2.50. The van der Waals surface area contributed by atoms with Gasteiger partial charge in [-0.3, -0.25) is 0 Å². The molecule has 0 aromatic heterocycles. The Bertz CT molecular complexity index is 308. The number of aliphatic hydroxyl groups excluding tert-OH is 1. The van der Waals surface area contributed by atoms with Crippen LogP contribution in [-0.4, -0.2) is 43.7 Å². The first-order valence-electron chi connectivity index (χ1n) is 6.60. The van der Waals surface area contributed by atoms with E-state index in [4.69, 9.17) is 0 Å². The summed E-state index contributed by atoms with van der Waals surface area (Å²) < 4.78 is 23.1. The molecule has 0 spiro atoms. The smallest absolute Gasteiger partial charge is 0.151 e. The molecule has 0 aliphatic heterocycles. The van der Waals surface area contributed by atoms with E-state index in [0.29, 0.717) is 13.0 Å². The minimum Gasteiger partial charge on any atom is -0.394 e. The Hall–Kier alpha value is -0.130. The quantitative estimate of drug-likeness (QED) is 0.722. The van der Waals surface area contributed by atoms with Gasteiger partial charge in [-0.1, -0.05) is 26.2 Å². The van der Waals surface area contributed by atoms with Crippen LogP contribution in [0.5, 0.6) is 0 Å². The molecule has 5 heteroatoms. The molecular formula is C12H25NO3S. The summed E-state index contributed by atoms with van der Waals surface area (Å²) in [5, 5.41) is 12.7. The number of aliphatic hydroxyl groups is 1. The second-order valence-electron chi connectivity index (χ2n) is 5.08. The average Bonchev–Trinajstić information content (AvgIpc) is 2.30. The summed E-state index contributed by atoms with van der Waals surface area (Å²) in [5.41, 5.74) is -0.222. The average molecular weight is 263 g/mol. The Balaban J connectivity index is 2.38. The standard InChI is InChI=1S/C12H25NO3S/c1-2-9-17(15,16)10-8-13-12(11-14)6-4-3-5-7-12/h13-14H,2-11H2,1H3. The van der Waals surface area contributed by atoms with Crippen LogP contribution < -0.4 is 5.32 Å². The second-order valence-corrected chi connectivity index (χ2v) is 7.38. The van der Waals surface area contributed by atoms with Crippen molar-refractivity contribution in [2.75, 3.05) is 24.7 Å². The lowest BCUT2D eigenvalue weighted by Gasteiger charge is -2.36. The molecule has 4 nitrogen and oxygen atoms in total. The lowest BCUT2D eigenvalue weighted by molar-refractivity contribution is 0.123. The highest BCUT2D eigenvalue weighted by atomic mass is 32.2. The van der Waals surface area contributed by atoms with Crippen molar-refractivity contribution in [3.8, 4) is 0 Å². The Kier molecular flexibility index (Phi) is 5.89. The summed E-state index contributed by atoms with van der Waals surface area (Å²) in [6.07, 6.45) is 6.05. The zero-order valence-corrected chi connectivity index (χ0v) is 11.6. The van der Waals surface area contributed by atoms with Crippen molar-refractivity contribution in [2.24, 2.45) is 0 Å². The van der Waals surface area contributed by atoms with Crippen LogP contribution in [0, 0.1) is 0 Å². The zero-order chi connectivity index (χ0) is 12.8. The van der Waals surface area contributed by atoms with Crippen LogP contribution in [0.25, 0.3) is 0 Å². The fourth-order valence-corrected chi connectivity index (χ4v) is 3.74. The summed E-state index contributed by atoms with van der Waals surface area (Å²) in [6, 6.07) is 0. The zero-order valence-electron chi connectivity index (χ0n) is 10.7. The van der Waals surface area contributed by atoms with Gasteiger partial charge < -0.3 is 10.4 Å². The second kappa shape index (κ2) is 6.71. The highest BCUT2D eigenvalue weighted by Crippen LogP contribution is 2.27. The van der Waals surface area contributed by atoms with E-state index in [1.807, 2.05) is 6.92 Å². The third-order valence-corrected chi connectivity index (χ3v) is 5.40. The maximum Gasteiger partial charge on any atom is 0.151 e. The Morgan fingerprint density at radius 3 is 2.35 bits per heavy atom. The highest BCUT2D eigenvalue weighted by molar-refractivity contribution is 7.91. The summed E-state index contributed by atoms with van der Waals surface area (Å²) in [4.78, 5) is 0. The first-order chi connectivity index (χ1) is 8.04. The van der Waals surface area contributed by atoms with E-state index in [2.05, 4.69) is 5.32 Å². The van der Waals surface area contributed by atoms with Crippen molar-refractivity contribution in [1.29, 1.82) is 0 Å². The summed E-state index contributed by atoms with van der Waals surface area (Å²) >= 11 is 0. The predicted molar refractivity (Wildman–Crippen MR) is 69.8 cm³/mol. The van der Waals surface area contributed by atoms with Crippen molar-refractivity contribution in [3.63, 3.8) is 0 Å². The van der Waals surface area contributed by atoms with Gasteiger partial charge in [0.05, 0.1) is 12.4 Å². The molecule has 0 bridgehead atoms. The molecule has 0 saturated heterocycles. The molecule has 102 valence electrons. The van der Waals surface area contributed by atoms with Gasteiger partial charge in [-0.25, -0.2) is 8.42 Å². The molecule has 0 aromatic carbocycles. The van der Waals surface area contributed by atoms with Gasteiger partial charge in [0.15, 0.2) is 9.84 Å². The predicted octanol–water partition coefficient (Wildman–Crippen LogP) is 1.10. The van der Waals surface area contributed by atoms with Crippen molar-refractivity contribution in [2.45, 2.75) is 51.0 Å². The molecule has 1 rings (SSSR count). The fraction of sp³-hybridized carbons (Fsp3) is 1.00. The number of hydrogen-bond donors (Lipinski definition) is 2. The number of hydrogen-bond acceptors (Lipinski definition) is 4. The van der Waals surface area contributed by atoms with Gasteiger partial charge in [0.25, 0.3) is 0 Å². The van der Waals surface area contributed by atoms with Gasteiger partial charge in [-0.15, -0.1) is 0 Å². The molecule has 0 atom stereocenters. The van der Waals surface area contributed by atoms with Crippen molar-refractivity contribution >= 4 is 9.84 Å². The highest BCUT2D eigenvalue weighted by Gasteiger charge is 2.30. The molecule has 0 unspecified atom stereocenters. The van der Waals surface area contributed by atoms with E-state index < -0.39 is 9.84 Å². The lowest BCUT2D eigenvalue weighted by atomic mass is 9.82. The van der Waals surface area contributed by atoms with Crippen molar-refractivity contribution < 1.29 is 13.5 Å². The van der Waals surface area contributed by atoms with Gasteiger partial charge in [0, 0.05) is 17.8 Å². The molecule has 1 aliphatic carbocycles. The molecule has 0 amide bonds. The Morgan fingerprint density at radius 1 is 1.18 bits per heavy atom. The van der Waals surface area contributed by atoms with Crippen LogP contribution in [0.1, 0.15) is 45.4 Å². The van der Waals surface area contributed by atoms with Gasteiger partial charge in [0.2, 0.25) is 0 Å². The van der Waals surface area contributed by atoms with Gasteiger partial charge in [0.1, 0.15) is 0 Å². The molecule has 0 heterocycles. The minimum absolute atomic E-state index is 0.112. The molecule has 0 aromatic rings. The van der Waals surface area contributed by atoms with Gasteiger partial charge in [-0.05, 0) is 19.3 Å². The van der Waals surface area contributed by atoms with Crippen molar-refractivity contribution in [1.82, 2.24) is 5.32 Å². The van der Waals surface area contributed by atoms with E-state index in [-0.39, 0.29) is 23.7 Å². The van der Waals surface area contributed by atoms with Crippen molar-refractivity contribution in [3.05, 3.63) is 0 Å². The molecule has 2 N–H and O–H groups in total. The lowest BCUT2D eigenvalue weighted by Crippen LogP contribution is -2.51. The minimum atomic E-state index is -2.91. The number of rotatable bonds is 7. The summed E-state index contributed by atoms with van der Waals surface area (Å²) in [5.74, 6) is 0.448. The van der Waals surface area contributed by atoms with E-state index >= 15 is 0 Å². The van der Waals surface area contributed by atoms with E-state index in [9.17, 15) is 13.5 Å². The SMILES string of the molecule is CCCS(=O)(=O)CCNC1(CO)CCCCC1. The summed E-state index contributed by atoms with van der Waals surface area (Å²) in [6.45, 7) is 2.45. The van der Waals surface area contributed by atoms with Crippen LogP contribution in [0.15, 0.2) is 0 Å². The Morgan fingerprint density at radius 2 is 1.82 bits per heavy atom. The largest absolute Gasteiger partial charge is 0.394 e. The Labute approximate surface area is 105 Å². The first-order valence-corrected chi connectivity index (χ1v) is 8.42. The maximum absolute atomic E-state index is 11.6. The van der Waals surface area contributed by atoms with Crippen LogP contribution >= 0.6 is 0 Å². The van der Waals surface area contributed by atoms with E-state index in [1.54, 1.807) is 0 Å². The number of sulfone groups is 1. The van der Waals surface area contributed by atoms with Crippen LogP contribution in [0.2, 0.25) is 0 Å². The van der Waals surface area contributed by atoms with Crippen LogP contribution in [0.4, 0.5) is 0 Å². The van der Waals surface area contributed by atoms with Gasteiger partial charge in [-0.2, -0.15) is 0 Å². The monoisotopic (exact) mass is 263 g/mol. The van der Waals surface area contributed by atoms with Crippen LogP contribution in [-0.2, 0) is 9.84 Å². The molecule has 1 aliphatic rings. The summed E-state index contributed by atoms with van der Waals surface area (Å²) in [7, 11) is -2.91. The molecular weight excluding hydrogens is 238 g/mol. The molecule has 1 fully saturated rings. The topological polar surface area (TPSA) is 66.4 Å².